The largest absolute Gasteiger partial charge is 0.373 e. The summed E-state index contributed by atoms with van der Waals surface area (Å²) in [5, 5.41) is 6.31. The first-order valence-electron chi connectivity index (χ1n) is 5.94. The molecule has 0 atom stereocenters. The molecular weight excluding hydrogens is 226 g/mol. The standard InChI is InChI=1S/C13H17N5/c1-10-17-12(14-2)9-13(18-10)16-8-5-11-3-6-15-7-4-11/h3-4,6-7,9H,5,8H2,1-2H3,(H2,14,16,17,18). The molecule has 94 valence electrons. The maximum Gasteiger partial charge on any atom is 0.131 e. The van der Waals surface area contributed by atoms with E-state index in [0.29, 0.717) is 0 Å². The van der Waals surface area contributed by atoms with Gasteiger partial charge in [-0.1, -0.05) is 0 Å². The van der Waals surface area contributed by atoms with Crippen molar-refractivity contribution < 1.29 is 0 Å². The van der Waals surface area contributed by atoms with Gasteiger partial charge < -0.3 is 10.6 Å². The van der Waals surface area contributed by atoms with E-state index in [1.807, 2.05) is 44.6 Å². The van der Waals surface area contributed by atoms with Gasteiger partial charge in [0, 0.05) is 32.1 Å². The third-order valence-corrected chi connectivity index (χ3v) is 2.56. The van der Waals surface area contributed by atoms with Crippen LogP contribution in [0.25, 0.3) is 0 Å². The van der Waals surface area contributed by atoms with Crippen molar-refractivity contribution in [3.8, 4) is 0 Å². The molecule has 0 aromatic carbocycles. The Morgan fingerprint density at radius 3 is 2.56 bits per heavy atom. The lowest BCUT2D eigenvalue weighted by atomic mass is 10.2. The van der Waals surface area contributed by atoms with Crippen LogP contribution in [-0.4, -0.2) is 28.5 Å². The second kappa shape index (κ2) is 5.95. The molecule has 0 aliphatic carbocycles. The number of hydrogen-bond donors (Lipinski definition) is 2. The van der Waals surface area contributed by atoms with E-state index in [4.69, 9.17) is 0 Å². The lowest BCUT2D eigenvalue weighted by Crippen LogP contribution is -2.08. The SMILES string of the molecule is CNc1cc(NCCc2ccncc2)nc(C)n1. The fourth-order valence-electron chi connectivity index (χ4n) is 1.67. The second-order valence-corrected chi connectivity index (χ2v) is 3.97. The lowest BCUT2D eigenvalue weighted by Gasteiger charge is -2.08. The molecule has 2 rings (SSSR count). The Bertz CT molecular complexity index is 498. The Balaban J connectivity index is 1.92. The van der Waals surface area contributed by atoms with Crippen LogP contribution in [0.1, 0.15) is 11.4 Å². The van der Waals surface area contributed by atoms with E-state index in [1.54, 1.807) is 0 Å². The van der Waals surface area contributed by atoms with E-state index >= 15 is 0 Å². The first kappa shape index (κ1) is 12.3. The molecule has 0 amide bonds. The molecule has 0 radical (unpaired) electrons. The van der Waals surface area contributed by atoms with Crippen LogP contribution in [0.3, 0.4) is 0 Å². The van der Waals surface area contributed by atoms with Crippen molar-refractivity contribution in [2.24, 2.45) is 0 Å². The first-order chi connectivity index (χ1) is 8.78. The number of nitrogens with zero attached hydrogens (tertiary/aromatic N) is 3. The quantitative estimate of drug-likeness (QED) is 0.839. The monoisotopic (exact) mass is 243 g/mol. The smallest absolute Gasteiger partial charge is 0.131 e. The van der Waals surface area contributed by atoms with Crippen LogP contribution < -0.4 is 10.6 Å². The zero-order chi connectivity index (χ0) is 12.8. The minimum atomic E-state index is 0.758. The van der Waals surface area contributed by atoms with Gasteiger partial charge in [-0.25, -0.2) is 9.97 Å². The molecular formula is C13H17N5. The maximum atomic E-state index is 4.34. The number of aryl methyl sites for hydroxylation is 1. The molecule has 5 nitrogen and oxygen atoms in total. The van der Waals surface area contributed by atoms with Crippen LogP contribution in [0.5, 0.6) is 0 Å². The molecule has 0 bridgehead atoms. The zero-order valence-corrected chi connectivity index (χ0v) is 10.6. The molecule has 2 aromatic heterocycles. The Hall–Kier alpha value is -2.17. The lowest BCUT2D eigenvalue weighted by molar-refractivity contribution is 0.978. The predicted octanol–water partition coefficient (Wildman–Crippen LogP) is 1.88. The molecule has 5 heteroatoms. The predicted molar refractivity (Wildman–Crippen MR) is 72.7 cm³/mol. The molecule has 0 unspecified atom stereocenters. The van der Waals surface area contributed by atoms with Gasteiger partial charge in [0.2, 0.25) is 0 Å². The van der Waals surface area contributed by atoms with Crippen LogP contribution in [0.15, 0.2) is 30.6 Å². The van der Waals surface area contributed by atoms with Crippen molar-refractivity contribution in [1.82, 2.24) is 15.0 Å². The van der Waals surface area contributed by atoms with Crippen molar-refractivity contribution in [3.63, 3.8) is 0 Å². The summed E-state index contributed by atoms with van der Waals surface area (Å²) in [6.45, 7) is 2.72. The van der Waals surface area contributed by atoms with E-state index in [9.17, 15) is 0 Å². The summed E-state index contributed by atoms with van der Waals surface area (Å²) in [6, 6.07) is 5.94. The summed E-state index contributed by atoms with van der Waals surface area (Å²) in [5.74, 6) is 2.43. The van der Waals surface area contributed by atoms with E-state index in [-0.39, 0.29) is 0 Å². The minimum absolute atomic E-state index is 0.758. The van der Waals surface area contributed by atoms with Crippen LogP contribution in [0.2, 0.25) is 0 Å². The molecule has 0 aliphatic heterocycles. The highest BCUT2D eigenvalue weighted by Crippen LogP contribution is 2.10. The Morgan fingerprint density at radius 2 is 1.83 bits per heavy atom. The molecule has 2 aromatic rings. The van der Waals surface area contributed by atoms with Gasteiger partial charge in [-0.3, -0.25) is 4.98 Å². The fourth-order valence-corrected chi connectivity index (χ4v) is 1.67. The van der Waals surface area contributed by atoms with Gasteiger partial charge in [0.05, 0.1) is 0 Å². The van der Waals surface area contributed by atoms with E-state index in [1.165, 1.54) is 5.56 Å². The number of aromatic nitrogens is 3. The normalized spacial score (nSPS) is 10.1. The van der Waals surface area contributed by atoms with Crippen LogP contribution >= 0.6 is 0 Å². The van der Waals surface area contributed by atoms with Crippen LogP contribution in [0.4, 0.5) is 11.6 Å². The average molecular weight is 243 g/mol. The summed E-state index contributed by atoms with van der Waals surface area (Å²) < 4.78 is 0. The fraction of sp³-hybridized carbons (Fsp3) is 0.308. The second-order valence-electron chi connectivity index (χ2n) is 3.97. The molecule has 18 heavy (non-hydrogen) atoms. The number of pyridine rings is 1. The minimum Gasteiger partial charge on any atom is -0.373 e. The van der Waals surface area contributed by atoms with E-state index < -0.39 is 0 Å². The topological polar surface area (TPSA) is 62.7 Å². The maximum absolute atomic E-state index is 4.34. The van der Waals surface area contributed by atoms with E-state index in [2.05, 4.69) is 25.6 Å². The summed E-state index contributed by atoms with van der Waals surface area (Å²) in [6.07, 6.45) is 4.56. The third kappa shape index (κ3) is 3.41. The number of rotatable bonds is 5. The average Bonchev–Trinajstić information content (AvgIpc) is 2.39. The number of nitrogens with one attached hydrogen (secondary N) is 2. The molecule has 0 fully saturated rings. The number of anilines is 2. The molecule has 0 saturated carbocycles. The summed E-state index contributed by atoms with van der Waals surface area (Å²) in [5.41, 5.74) is 1.26. The summed E-state index contributed by atoms with van der Waals surface area (Å²) in [4.78, 5) is 12.6. The number of hydrogen-bond acceptors (Lipinski definition) is 5. The Labute approximate surface area is 107 Å². The molecule has 2 N–H and O–H groups in total. The summed E-state index contributed by atoms with van der Waals surface area (Å²) >= 11 is 0. The van der Waals surface area contributed by atoms with Gasteiger partial charge in [-0.15, -0.1) is 0 Å². The highest BCUT2D eigenvalue weighted by Gasteiger charge is 2.00. The van der Waals surface area contributed by atoms with E-state index in [0.717, 1.165) is 30.4 Å². The summed E-state index contributed by atoms with van der Waals surface area (Å²) in [7, 11) is 1.85. The van der Waals surface area contributed by atoms with Crippen molar-refractivity contribution in [3.05, 3.63) is 42.0 Å². The zero-order valence-electron chi connectivity index (χ0n) is 10.6. The molecule has 2 heterocycles. The molecule has 0 spiro atoms. The van der Waals surface area contributed by atoms with Gasteiger partial charge in [0.25, 0.3) is 0 Å². The Morgan fingerprint density at radius 1 is 1.11 bits per heavy atom. The van der Waals surface area contributed by atoms with Gasteiger partial charge in [-0.05, 0) is 31.0 Å². The van der Waals surface area contributed by atoms with Gasteiger partial charge in [-0.2, -0.15) is 0 Å². The first-order valence-corrected chi connectivity index (χ1v) is 5.94. The van der Waals surface area contributed by atoms with Crippen molar-refractivity contribution >= 4 is 11.6 Å². The van der Waals surface area contributed by atoms with Gasteiger partial charge >= 0.3 is 0 Å². The van der Waals surface area contributed by atoms with Crippen molar-refractivity contribution in [2.45, 2.75) is 13.3 Å². The van der Waals surface area contributed by atoms with Crippen molar-refractivity contribution in [1.29, 1.82) is 0 Å². The van der Waals surface area contributed by atoms with Crippen LogP contribution in [0, 0.1) is 6.92 Å². The van der Waals surface area contributed by atoms with Gasteiger partial charge in [0.15, 0.2) is 0 Å². The highest BCUT2D eigenvalue weighted by molar-refractivity contribution is 5.47. The van der Waals surface area contributed by atoms with Gasteiger partial charge in [0.1, 0.15) is 17.5 Å². The molecule has 0 aliphatic rings. The Kier molecular flexibility index (Phi) is 4.06. The highest BCUT2D eigenvalue weighted by atomic mass is 15.1. The van der Waals surface area contributed by atoms with Crippen LogP contribution in [-0.2, 0) is 6.42 Å². The van der Waals surface area contributed by atoms with Crippen molar-refractivity contribution in [2.75, 3.05) is 24.2 Å². The third-order valence-electron chi connectivity index (χ3n) is 2.56. The molecule has 0 saturated heterocycles.